The lowest BCUT2D eigenvalue weighted by Gasteiger charge is -2.07. The highest BCUT2D eigenvalue weighted by Crippen LogP contribution is 2.24. The van der Waals surface area contributed by atoms with Crippen LogP contribution in [-0.2, 0) is 6.54 Å². The van der Waals surface area contributed by atoms with E-state index in [0.29, 0.717) is 12.2 Å². The van der Waals surface area contributed by atoms with Gasteiger partial charge in [-0.05, 0) is 53.0 Å². The van der Waals surface area contributed by atoms with Gasteiger partial charge in [0.2, 0.25) is 0 Å². The van der Waals surface area contributed by atoms with Gasteiger partial charge < -0.3 is 11.1 Å². The molecule has 0 fully saturated rings. The van der Waals surface area contributed by atoms with E-state index >= 15 is 0 Å². The molecule has 0 bridgehead atoms. The molecule has 0 aliphatic rings. The van der Waals surface area contributed by atoms with Crippen LogP contribution in [0.3, 0.4) is 0 Å². The highest BCUT2D eigenvalue weighted by atomic mass is 79.9. The quantitative estimate of drug-likeness (QED) is 0.702. The number of carbonyl (C=O) groups excluding carboxylic acids is 1. The summed E-state index contributed by atoms with van der Waals surface area (Å²) in [5, 5.41) is 10.7. The summed E-state index contributed by atoms with van der Waals surface area (Å²) in [6.45, 7) is 4.46. The Morgan fingerprint density at radius 2 is 1.84 bits per heavy atom. The molecular formula is C18H18BrN5O. The van der Waals surface area contributed by atoms with Crippen LogP contribution >= 0.6 is 15.9 Å². The molecule has 3 rings (SSSR count). The minimum Gasteiger partial charge on any atom is -0.382 e. The fraction of sp³-hybridized carbons (Fsp3) is 0.167. The van der Waals surface area contributed by atoms with Gasteiger partial charge in [0.15, 0.2) is 11.5 Å². The minimum atomic E-state index is -0.391. The van der Waals surface area contributed by atoms with E-state index in [0.717, 1.165) is 15.6 Å². The van der Waals surface area contributed by atoms with Crippen LogP contribution in [0.15, 0.2) is 46.9 Å². The molecule has 7 heteroatoms. The number of carbonyl (C=O) groups is 1. The zero-order valence-corrected chi connectivity index (χ0v) is 15.5. The monoisotopic (exact) mass is 399 g/mol. The summed E-state index contributed by atoms with van der Waals surface area (Å²) >= 11 is 3.43. The fourth-order valence-electron chi connectivity index (χ4n) is 2.37. The molecule has 0 saturated carbocycles. The van der Waals surface area contributed by atoms with Crippen LogP contribution in [-0.4, -0.2) is 20.9 Å². The molecule has 0 atom stereocenters. The number of hydrogen-bond donors (Lipinski definition) is 2. The van der Waals surface area contributed by atoms with Gasteiger partial charge in [-0.1, -0.05) is 41.1 Å². The topological polar surface area (TPSA) is 85.8 Å². The first kappa shape index (κ1) is 17.2. The molecule has 2 aromatic carbocycles. The number of nitrogens with two attached hydrogens (primary N) is 1. The van der Waals surface area contributed by atoms with E-state index in [9.17, 15) is 4.79 Å². The van der Waals surface area contributed by atoms with Gasteiger partial charge in [0.25, 0.3) is 5.91 Å². The smallest absolute Gasteiger partial charge is 0.280 e. The van der Waals surface area contributed by atoms with Crippen LogP contribution in [0.1, 0.15) is 27.2 Å². The minimum absolute atomic E-state index is 0.111. The molecule has 0 unspecified atom stereocenters. The molecule has 0 saturated heterocycles. The van der Waals surface area contributed by atoms with Gasteiger partial charge in [0, 0.05) is 4.47 Å². The predicted octanol–water partition coefficient (Wildman–Crippen LogP) is 3.54. The van der Waals surface area contributed by atoms with Crippen molar-refractivity contribution in [1.29, 1.82) is 0 Å². The zero-order valence-electron chi connectivity index (χ0n) is 14.0. The van der Waals surface area contributed by atoms with Gasteiger partial charge in [0.05, 0.1) is 12.2 Å². The maximum Gasteiger partial charge on any atom is 0.280 e. The predicted molar refractivity (Wildman–Crippen MR) is 102 cm³/mol. The van der Waals surface area contributed by atoms with E-state index in [-0.39, 0.29) is 11.5 Å². The fourth-order valence-corrected chi connectivity index (χ4v) is 2.96. The lowest BCUT2D eigenvalue weighted by Crippen LogP contribution is -2.15. The first-order chi connectivity index (χ1) is 11.9. The normalized spacial score (nSPS) is 10.7. The van der Waals surface area contributed by atoms with Crippen molar-refractivity contribution >= 4 is 33.3 Å². The number of rotatable bonds is 4. The molecular weight excluding hydrogens is 382 g/mol. The number of aromatic nitrogens is 3. The van der Waals surface area contributed by atoms with Crippen LogP contribution in [0, 0.1) is 13.8 Å². The van der Waals surface area contributed by atoms with E-state index in [1.54, 1.807) is 0 Å². The summed E-state index contributed by atoms with van der Waals surface area (Å²) in [6.07, 6.45) is 0. The maximum atomic E-state index is 12.5. The Kier molecular flexibility index (Phi) is 4.85. The van der Waals surface area contributed by atoms with E-state index in [1.807, 2.05) is 56.3 Å². The molecule has 6 nitrogen and oxygen atoms in total. The molecule has 3 aromatic rings. The van der Waals surface area contributed by atoms with Crippen LogP contribution in [0.5, 0.6) is 0 Å². The Morgan fingerprint density at radius 1 is 1.16 bits per heavy atom. The number of amides is 1. The van der Waals surface area contributed by atoms with Crippen molar-refractivity contribution < 1.29 is 4.79 Å². The van der Waals surface area contributed by atoms with Crippen molar-refractivity contribution in [2.75, 3.05) is 11.1 Å². The number of benzene rings is 2. The second-order valence-corrected chi connectivity index (χ2v) is 6.76. The third-order valence-corrected chi connectivity index (χ3v) is 4.47. The summed E-state index contributed by atoms with van der Waals surface area (Å²) < 4.78 is 2.32. The summed E-state index contributed by atoms with van der Waals surface area (Å²) in [5.41, 5.74) is 10.1. The molecule has 25 heavy (non-hydrogen) atoms. The molecule has 1 heterocycles. The first-order valence-corrected chi connectivity index (χ1v) is 8.55. The lowest BCUT2D eigenvalue weighted by molar-refractivity contribution is 0.102. The van der Waals surface area contributed by atoms with E-state index in [2.05, 4.69) is 31.6 Å². The SMILES string of the molecule is Cc1ccc(Cn2nnc(C(=O)Nc3ccc(C)cc3Br)c2N)cc1. The average Bonchev–Trinajstić information content (AvgIpc) is 2.93. The summed E-state index contributed by atoms with van der Waals surface area (Å²) in [6, 6.07) is 13.7. The molecule has 0 aliphatic carbocycles. The highest BCUT2D eigenvalue weighted by Gasteiger charge is 2.18. The molecule has 0 radical (unpaired) electrons. The number of nitrogen functional groups attached to an aromatic ring is 1. The second-order valence-electron chi connectivity index (χ2n) is 5.90. The summed E-state index contributed by atoms with van der Waals surface area (Å²) in [4.78, 5) is 12.5. The molecule has 3 N–H and O–H groups in total. The van der Waals surface area contributed by atoms with Gasteiger partial charge >= 0.3 is 0 Å². The number of aryl methyl sites for hydroxylation is 2. The van der Waals surface area contributed by atoms with Crippen molar-refractivity contribution in [3.05, 3.63) is 69.3 Å². The Hall–Kier alpha value is -2.67. The highest BCUT2D eigenvalue weighted by molar-refractivity contribution is 9.10. The lowest BCUT2D eigenvalue weighted by atomic mass is 10.1. The Morgan fingerprint density at radius 3 is 2.52 bits per heavy atom. The van der Waals surface area contributed by atoms with Crippen LogP contribution in [0.4, 0.5) is 11.5 Å². The van der Waals surface area contributed by atoms with Crippen molar-refractivity contribution in [1.82, 2.24) is 15.0 Å². The van der Waals surface area contributed by atoms with Crippen molar-refractivity contribution in [3.8, 4) is 0 Å². The first-order valence-electron chi connectivity index (χ1n) is 7.76. The molecule has 1 aromatic heterocycles. The van der Waals surface area contributed by atoms with Crippen LogP contribution in [0.25, 0.3) is 0 Å². The van der Waals surface area contributed by atoms with Crippen LogP contribution < -0.4 is 11.1 Å². The standard InChI is InChI=1S/C18H18BrN5O/c1-11-3-6-13(7-4-11)10-24-17(20)16(22-23-24)18(25)21-15-8-5-12(2)9-14(15)19/h3-9H,10,20H2,1-2H3,(H,21,25). The summed E-state index contributed by atoms with van der Waals surface area (Å²) in [5.74, 6) is -0.154. The van der Waals surface area contributed by atoms with Crippen molar-refractivity contribution in [2.24, 2.45) is 0 Å². The number of nitrogens with one attached hydrogen (secondary N) is 1. The summed E-state index contributed by atoms with van der Waals surface area (Å²) in [7, 11) is 0. The Labute approximate surface area is 154 Å². The largest absolute Gasteiger partial charge is 0.382 e. The molecule has 1 amide bonds. The van der Waals surface area contributed by atoms with E-state index in [4.69, 9.17) is 5.73 Å². The van der Waals surface area contributed by atoms with E-state index < -0.39 is 5.91 Å². The second kappa shape index (κ2) is 7.06. The third-order valence-electron chi connectivity index (χ3n) is 3.81. The molecule has 0 aliphatic heterocycles. The van der Waals surface area contributed by atoms with Gasteiger partial charge in [-0.3, -0.25) is 4.79 Å². The van der Waals surface area contributed by atoms with E-state index in [1.165, 1.54) is 10.2 Å². The number of anilines is 2. The Balaban J connectivity index is 1.77. The zero-order chi connectivity index (χ0) is 18.0. The van der Waals surface area contributed by atoms with Gasteiger partial charge in [0.1, 0.15) is 0 Å². The number of nitrogens with zero attached hydrogens (tertiary/aromatic N) is 3. The number of hydrogen-bond acceptors (Lipinski definition) is 4. The van der Waals surface area contributed by atoms with Gasteiger partial charge in [-0.15, -0.1) is 5.10 Å². The Bertz CT molecular complexity index is 918. The molecule has 128 valence electrons. The molecule has 0 spiro atoms. The average molecular weight is 400 g/mol. The third kappa shape index (κ3) is 3.88. The van der Waals surface area contributed by atoms with Gasteiger partial charge in [-0.25, -0.2) is 4.68 Å². The number of halogens is 1. The maximum absolute atomic E-state index is 12.5. The van der Waals surface area contributed by atoms with Gasteiger partial charge in [-0.2, -0.15) is 0 Å². The van der Waals surface area contributed by atoms with Crippen LogP contribution in [0.2, 0.25) is 0 Å². The van der Waals surface area contributed by atoms with Crippen molar-refractivity contribution in [3.63, 3.8) is 0 Å². The van der Waals surface area contributed by atoms with Crippen molar-refractivity contribution in [2.45, 2.75) is 20.4 Å².